The second-order valence-corrected chi connectivity index (χ2v) is 8.43. The average molecular weight is 451 g/mol. The Bertz CT molecular complexity index is 1120. The number of hydrogen-bond acceptors (Lipinski definition) is 8. The number of morpholine rings is 1. The average Bonchev–Trinajstić information content (AvgIpc) is 3.14. The van der Waals surface area contributed by atoms with Crippen molar-refractivity contribution < 1.29 is 23.9 Å². The molecule has 5 rings (SSSR count). The molecule has 33 heavy (non-hydrogen) atoms. The van der Waals surface area contributed by atoms with Crippen molar-refractivity contribution in [3.63, 3.8) is 0 Å². The molecule has 3 heterocycles. The van der Waals surface area contributed by atoms with E-state index in [1.165, 1.54) is 12.1 Å². The lowest BCUT2D eigenvalue weighted by atomic mass is 10.00. The molecule has 3 aliphatic heterocycles. The molecule has 0 saturated carbocycles. The van der Waals surface area contributed by atoms with E-state index in [2.05, 4.69) is 9.80 Å². The van der Waals surface area contributed by atoms with Crippen molar-refractivity contribution in [2.24, 2.45) is 0 Å². The number of allylic oxidation sites excluding steroid dienone is 1. The van der Waals surface area contributed by atoms with Crippen LogP contribution in [-0.4, -0.2) is 66.6 Å². The number of rotatable bonds is 5. The van der Waals surface area contributed by atoms with Gasteiger partial charge in [0.2, 0.25) is 5.78 Å². The predicted molar refractivity (Wildman–Crippen MR) is 120 cm³/mol. The van der Waals surface area contributed by atoms with Gasteiger partial charge in [0.1, 0.15) is 18.2 Å². The Kier molecular flexibility index (Phi) is 5.84. The Morgan fingerprint density at radius 3 is 2.55 bits per heavy atom. The maximum Gasteiger partial charge on any atom is 0.269 e. The molecule has 0 unspecified atom stereocenters. The summed E-state index contributed by atoms with van der Waals surface area (Å²) in [5, 5.41) is 10.9. The summed E-state index contributed by atoms with van der Waals surface area (Å²) in [5.41, 5.74) is 2.98. The fourth-order valence-corrected chi connectivity index (χ4v) is 4.39. The lowest BCUT2D eigenvalue weighted by Crippen LogP contribution is -2.43. The van der Waals surface area contributed by atoms with Gasteiger partial charge in [-0.25, -0.2) is 0 Å². The summed E-state index contributed by atoms with van der Waals surface area (Å²) in [5.74, 6) is 1.31. The van der Waals surface area contributed by atoms with Crippen LogP contribution in [0.1, 0.15) is 27.0 Å². The number of fused-ring (bicyclic) bond motifs is 2. The zero-order valence-corrected chi connectivity index (χ0v) is 18.4. The molecule has 0 radical (unpaired) electrons. The highest BCUT2D eigenvalue weighted by Crippen LogP contribution is 2.43. The number of nitrogens with zero attached hydrogens (tertiary/aromatic N) is 3. The lowest BCUT2D eigenvalue weighted by Gasteiger charge is -2.33. The van der Waals surface area contributed by atoms with Crippen LogP contribution in [0.15, 0.2) is 36.1 Å². The van der Waals surface area contributed by atoms with Gasteiger partial charge >= 0.3 is 0 Å². The van der Waals surface area contributed by atoms with Gasteiger partial charge in [0, 0.05) is 56.0 Å². The number of benzene rings is 2. The number of hydrogen-bond donors (Lipinski definition) is 0. The first-order chi connectivity index (χ1) is 16.0. The molecule has 0 bridgehead atoms. The summed E-state index contributed by atoms with van der Waals surface area (Å²) in [6.45, 7) is 8.41. The third-order valence-corrected chi connectivity index (χ3v) is 6.24. The van der Waals surface area contributed by atoms with Crippen LogP contribution in [-0.2, 0) is 11.3 Å². The van der Waals surface area contributed by atoms with Crippen LogP contribution in [0.2, 0.25) is 0 Å². The smallest absolute Gasteiger partial charge is 0.269 e. The summed E-state index contributed by atoms with van der Waals surface area (Å²) >= 11 is 0. The van der Waals surface area contributed by atoms with Gasteiger partial charge in [-0.15, -0.1) is 0 Å². The topological polar surface area (TPSA) is 94.4 Å². The first-order valence-electron chi connectivity index (χ1n) is 11.0. The highest BCUT2D eigenvalue weighted by Gasteiger charge is 2.33. The second kappa shape index (κ2) is 8.93. The standard InChI is InChI=1S/C24H25N3O6/c1-16-23-18(14-26(15-32-23)7-6-25-8-10-31-11-9-25)13-20-22(28)21(33-24(16)20)12-17-2-4-19(5-3-17)27(29)30/h2-5,12-13H,6-11,14-15H2,1H3/b21-12-. The quantitative estimate of drug-likeness (QED) is 0.389. The van der Waals surface area contributed by atoms with E-state index in [9.17, 15) is 14.9 Å². The van der Waals surface area contributed by atoms with Crippen molar-refractivity contribution in [3.05, 3.63) is 68.5 Å². The highest BCUT2D eigenvalue weighted by atomic mass is 16.6. The first kappa shape index (κ1) is 21.6. The SMILES string of the molecule is Cc1c2c(cc3c1O/C(=C\c1ccc([N+](=O)[O-])cc1)C3=O)CN(CCN1CCOCC1)CO2. The number of carbonyl (C=O) groups excluding carboxylic acids is 1. The van der Waals surface area contributed by atoms with Gasteiger partial charge in [-0.1, -0.05) is 0 Å². The molecule has 9 nitrogen and oxygen atoms in total. The van der Waals surface area contributed by atoms with E-state index in [-0.39, 0.29) is 17.2 Å². The van der Waals surface area contributed by atoms with E-state index >= 15 is 0 Å². The summed E-state index contributed by atoms with van der Waals surface area (Å²) in [6, 6.07) is 7.87. The number of non-ortho nitro benzene ring substituents is 1. The van der Waals surface area contributed by atoms with Crippen LogP contribution < -0.4 is 9.47 Å². The number of nitro groups is 1. The third kappa shape index (κ3) is 4.35. The molecule has 0 N–H and O–H groups in total. The molecule has 0 amide bonds. The van der Waals surface area contributed by atoms with Crippen LogP contribution in [0.25, 0.3) is 6.08 Å². The van der Waals surface area contributed by atoms with Crippen molar-refractivity contribution in [1.29, 1.82) is 0 Å². The van der Waals surface area contributed by atoms with Gasteiger partial charge in [-0.2, -0.15) is 0 Å². The van der Waals surface area contributed by atoms with Crippen molar-refractivity contribution >= 4 is 17.5 Å². The fourth-order valence-electron chi connectivity index (χ4n) is 4.39. The summed E-state index contributed by atoms with van der Waals surface area (Å²) in [7, 11) is 0. The first-order valence-corrected chi connectivity index (χ1v) is 11.0. The molecule has 172 valence electrons. The van der Waals surface area contributed by atoms with Gasteiger partial charge in [0.05, 0.1) is 23.7 Å². The van der Waals surface area contributed by atoms with Gasteiger partial charge in [-0.05, 0) is 36.8 Å². The van der Waals surface area contributed by atoms with E-state index < -0.39 is 4.92 Å². The van der Waals surface area contributed by atoms with Crippen LogP contribution >= 0.6 is 0 Å². The minimum absolute atomic E-state index is 0.00190. The molecular weight excluding hydrogens is 426 g/mol. The summed E-state index contributed by atoms with van der Waals surface area (Å²) in [6.07, 6.45) is 1.61. The van der Waals surface area contributed by atoms with Crippen molar-refractivity contribution in [1.82, 2.24) is 9.80 Å². The number of ether oxygens (including phenoxy) is 3. The Morgan fingerprint density at radius 1 is 1.09 bits per heavy atom. The molecule has 0 spiro atoms. The largest absolute Gasteiger partial charge is 0.477 e. The lowest BCUT2D eigenvalue weighted by molar-refractivity contribution is -0.384. The monoisotopic (exact) mass is 451 g/mol. The van der Waals surface area contributed by atoms with Crippen molar-refractivity contribution in [2.75, 3.05) is 46.1 Å². The summed E-state index contributed by atoms with van der Waals surface area (Å²) in [4.78, 5) is 28.1. The number of carbonyl (C=O) groups is 1. The van der Waals surface area contributed by atoms with Crippen LogP contribution in [0.5, 0.6) is 11.5 Å². The summed E-state index contributed by atoms with van der Waals surface area (Å²) < 4.78 is 17.4. The zero-order valence-electron chi connectivity index (χ0n) is 18.4. The minimum atomic E-state index is -0.456. The highest BCUT2D eigenvalue weighted by molar-refractivity contribution is 6.15. The normalized spacial score (nSPS) is 19.7. The molecule has 9 heteroatoms. The second-order valence-electron chi connectivity index (χ2n) is 8.43. The fraction of sp³-hybridized carbons (Fsp3) is 0.375. The van der Waals surface area contributed by atoms with E-state index in [1.807, 2.05) is 13.0 Å². The molecular formula is C24H25N3O6. The molecule has 3 aliphatic rings. The molecule has 0 aliphatic carbocycles. The van der Waals surface area contributed by atoms with Gasteiger partial charge < -0.3 is 14.2 Å². The third-order valence-electron chi connectivity index (χ3n) is 6.24. The molecule has 0 aromatic heterocycles. The van der Waals surface area contributed by atoms with Crippen molar-refractivity contribution in [2.45, 2.75) is 13.5 Å². The Morgan fingerprint density at radius 2 is 1.82 bits per heavy atom. The molecule has 2 aromatic carbocycles. The molecule has 0 atom stereocenters. The van der Waals surface area contributed by atoms with Crippen LogP contribution in [0, 0.1) is 17.0 Å². The van der Waals surface area contributed by atoms with Gasteiger partial charge in [0.15, 0.2) is 5.76 Å². The van der Waals surface area contributed by atoms with E-state index in [0.29, 0.717) is 30.2 Å². The predicted octanol–water partition coefficient (Wildman–Crippen LogP) is 3.00. The van der Waals surface area contributed by atoms with E-state index in [0.717, 1.165) is 56.3 Å². The van der Waals surface area contributed by atoms with Gasteiger partial charge in [0.25, 0.3) is 5.69 Å². The molecule has 1 fully saturated rings. The van der Waals surface area contributed by atoms with Crippen molar-refractivity contribution in [3.8, 4) is 11.5 Å². The Balaban J connectivity index is 1.32. The minimum Gasteiger partial charge on any atom is -0.477 e. The Hall–Kier alpha value is -3.27. The Labute approximate surface area is 191 Å². The van der Waals surface area contributed by atoms with E-state index in [4.69, 9.17) is 14.2 Å². The number of nitro benzene ring substituents is 1. The van der Waals surface area contributed by atoms with E-state index in [1.54, 1.807) is 18.2 Å². The van der Waals surface area contributed by atoms with Crippen LogP contribution in [0.4, 0.5) is 5.69 Å². The zero-order chi connectivity index (χ0) is 22.9. The molecule has 2 aromatic rings. The van der Waals surface area contributed by atoms with Gasteiger partial charge in [-0.3, -0.25) is 24.7 Å². The maximum atomic E-state index is 13.1. The van der Waals surface area contributed by atoms with Crippen LogP contribution in [0.3, 0.4) is 0 Å². The number of Topliss-reactive ketones (excluding diaryl/α,β-unsaturated/α-hetero) is 1. The number of ketones is 1. The maximum absolute atomic E-state index is 13.1. The molecule has 1 saturated heterocycles.